The van der Waals surface area contributed by atoms with E-state index in [0.717, 1.165) is 17.7 Å². The largest absolute Gasteiger partial charge is 0.298 e. The molecule has 3 saturated heterocycles. The van der Waals surface area contributed by atoms with Crippen LogP contribution >= 0.6 is 9.21 Å². The van der Waals surface area contributed by atoms with E-state index in [4.69, 9.17) is 0 Å². The summed E-state index contributed by atoms with van der Waals surface area (Å²) in [5.74, 6) is 11.3. The third kappa shape index (κ3) is 13.1. The fraction of sp³-hybridized carbons (Fsp3) is 0.852. The van der Waals surface area contributed by atoms with E-state index in [0.29, 0.717) is 16.6 Å². The van der Waals surface area contributed by atoms with Crippen LogP contribution in [0.4, 0.5) is 0 Å². The van der Waals surface area contributed by atoms with Crippen LogP contribution in [0.1, 0.15) is 89.5 Å². The zero-order valence-corrected chi connectivity index (χ0v) is 24.4. The highest BCUT2D eigenvalue weighted by molar-refractivity contribution is 8.28. The maximum Gasteiger partial charge on any atom is 0.0369 e. The van der Waals surface area contributed by atoms with Gasteiger partial charge < -0.3 is 0 Å². The first-order valence-electron chi connectivity index (χ1n) is 12.1. The van der Waals surface area contributed by atoms with Crippen molar-refractivity contribution in [2.24, 2.45) is 5.92 Å². The Morgan fingerprint density at radius 1 is 0.645 bits per heavy atom. The van der Waals surface area contributed by atoms with Crippen LogP contribution in [-0.4, -0.2) is 81.0 Å². The van der Waals surface area contributed by atoms with Gasteiger partial charge in [0.1, 0.15) is 0 Å². The third-order valence-corrected chi connectivity index (χ3v) is 7.34. The monoisotopic (exact) mass is 457 g/mol. The lowest BCUT2D eigenvalue weighted by Crippen LogP contribution is -2.54. The van der Waals surface area contributed by atoms with Crippen LogP contribution in [0, 0.1) is 5.92 Å². The minimum Gasteiger partial charge on any atom is -0.298 e. The van der Waals surface area contributed by atoms with Gasteiger partial charge in [-0.25, -0.2) is 0 Å². The summed E-state index contributed by atoms with van der Waals surface area (Å²) in [6.07, 6.45) is 1.40. The third-order valence-electron chi connectivity index (χ3n) is 5.63. The lowest BCUT2D eigenvalue weighted by Gasteiger charge is -2.47. The summed E-state index contributed by atoms with van der Waals surface area (Å²) < 4.78 is 0. The molecule has 0 atom stereocenters. The van der Waals surface area contributed by atoms with Gasteiger partial charge >= 0.3 is 0 Å². The molecule has 0 saturated carbocycles. The van der Waals surface area contributed by atoms with E-state index in [1.165, 1.54) is 32.6 Å². The molecule has 0 aromatic heterocycles. The average molecular weight is 458 g/mol. The fourth-order valence-electron chi connectivity index (χ4n) is 3.24. The maximum atomic E-state index is 4.07. The molecule has 3 aliphatic rings. The van der Waals surface area contributed by atoms with Crippen molar-refractivity contribution in [1.29, 1.82) is 0 Å². The fourth-order valence-corrected chi connectivity index (χ4v) is 5.27. The van der Waals surface area contributed by atoms with Gasteiger partial charge in [0, 0.05) is 41.5 Å². The van der Waals surface area contributed by atoms with Crippen molar-refractivity contribution in [3.05, 3.63) is 13.2 Å². The highest BCUT2D eigenvalue weighted by Crippen LogP contribution is 2.37. The quantitative estimate of drug-likeness (QED) is 0.294. The maximum absolute atomic E-state index is 4.07. The van der Waals surface area contributed by atoms with Gasteiger partial charge in [0.15, 0.2) is 0 Å². The number of hydrogen-bond acceptors (Lipinski definition) is 3. The lowest BCUT2D eigenvalue weighted by atomic mass is 9.94. The van der Waals surface area contributed by atoms with Crippen molar-refractivity contribution in [1.82, 2.24) is 14.7 Å². The minimum atomic E-state index is -0.688. The lowest BCUT2D eigenvalue weighted by molar-refractivity contribution is 0.0224. The molecule has 0 aromatic rings. The molecule has 31 heavy (non-hydrogen) atoms. The van der Waals surface area contributed by atoms with Crippen molar-refractivity contribution in [2.45, 2.75) is 106 Å². The van der Waals surface area contributed by atoms with Crippen LogP contribution in [0.3, 0.4) is 0 Å². The Morgan fingerprint density at radius 3 is 1.03 bits per heavy atom. The van der Waals surface area contributed by atoms with Crippen molar-refractivity contribution in [3.8, 4) is 0 Å². The second-order valence-corrected chi connectivity index (χ2v) is 14.9. The average Bonchev–Trinajstić information content (AvgIpc) is 2.50. The summed E-state index contributed by atoms with van der Waals surface area (Å²) in [5, 5.41) is 0. The Hall–Kier alpha value is -0.290. The van der Waals surface area contributed by atoms with Crippen molar-refractivity contribution < 1.29 is 0 Å². The van der Waals surface area contributed by atoms with Gasteiger partial charge in [-0.2, -0.15) is 9.21 Å². The predicted octanol–water partition coefficient (Wildman–Crippen LogP) is 6.74. The van der Waals surface area contributed by atoms with Gasteiger partial charge in [0.05, 0.1) is 0 Å². The second kappa shape index (κ2) is 13.4. The van der Waals surface area contributed by atoms with Crippen LogP contribution in [0.25, 0.3) is 0 Å². The van der Waals surface area contributed by atoms with Crippen LogP contribution in [0.2, 0.25) is 0 Å². The molecule has 0 N–H and O–H groups in total. The summed E-state index contributed by atoms with van der Waals surface area (Å²) in [4.78, 5) is 7.44. The Bertz CT molecular complexity index is 551. The molecule has 4 heteroatoms. The zero-order valence-electron chi connectivity index (χ0n) is 23.6. The first-order valence-corrected chi connectivity index (χ1v) is 14.4. The normalized spacial score (nSPS) is 21.5. The summed E-state index contributed by atoms with van der Waals surface area (Å²) in [7, 11) is -0.688. The summed E-state index contributed by atoms with van der Waals surface area (Å²) >= 11 is 0. The van der Waals surface area contributed by atoms with E-state index in [9.17, 15) is 0 Å². The molecule has 0 unspecified atom stereocenters. The number of nitrogens with zero attached hydrogens (tertiary/aromatic N) is 3. The van der Waals surface area contributed by atoms with Crippen LogP contribution in [-0.2, 0) is 0 Å². The molecule has 0 aromatic carbocycles. The van der Waals surface area contributed by atoms with Gasteiger partial charge in [0.2, 0.25) is 0 Å². The minimum absolute atomic E-state index is 0.325. The van der Waals surface area contributed by atoms with Crippen LogP contribution in [0.5, 0.6) is 0 Å². The first-order chi connectivity index (χ1) is 13.9. The predicted molar refractivity (Wildman–Crippen MR) is 152 cm³/mol. The number of hydrogen-bond donors (Lipinski definition) is 0. The Labute approximate surface area is 198 Å². The molecule has 3 fully saturated rings. The van der Waals surface area contributed by atoms with E-state index >= 15 is 0 Å². The van der Waals surface area contributed by atoms with E-state index < -0.39 is 9.21 Å². The van der Waals surface area contributed by atoms with E-state index in [1.54, 1.807) is 0 Å². The smallest absolute Gasteiger partial charge is 0.0369 e. The van der Waals surface area contributed by atoms with Gasteiger partial charge in [-0.1, -0.05) is 32.5 Å². The molecule has 0 bridgehead atoms. The van der Waals surface area contributed by atoms with E-state index in [-0.39, 0.29) is 0 Å². The molecule has 3 rings (SSSR count). The van der Waals surface area contributed by atoms with Crippen molar-refractivity contribution >= 4 is 20.9 Å². The van der Waals surface area contributed by atoms with Crippen molar-refractivity contribution in [3.63, 3.8) is 0 Å². The Morgan fingerprint density at radius 2 is 0.968 bits per heavy atom. The SMILES string of the molecule is C=C.C=S1(=C)CN(C(C)(C)C)C1.CC.CC(C)(C)N1CCC1.CC1CN(C(C)(C)C)C1. The number of likely N-dealkylation sites (tertiary alicyclic amines) is 2. The van der Waals surface area contributed by atoms with Gasteiger partial charge in [0.25, 0.3) is 0 Å². The Kier molecular flexibility index (Phi) is 14.2. The van der Waals surface area contributed by atoms with Crippen molar-refractivity contribution in [2.75, 3.05) is 37.9 Å². The molecule has 0 spiro atoms. The molecule has 0 amide bonds. The zero-order chi connectivity index (χ0) is 25.3. The summed E-state index contributed by atoms with van der Waals surface area (Å²) in [6, 6.07) is 0. The topological polar surface area (TPSA) is 9.72 Å². The highest BCUT2D eigenvalue weighted by Gasteiger charge is 2.31. The molecule has 0 aliphatic carbocycles. The van der Waals surface area contributed by atoms with Gasteiger partial charge in [-0.05, 0) is 87.7 Å². The van der Waals surface area contributed by atoms with Gasteiger partial charge in [-0.15, -0.1) is 13.2 Å². The summed E-state index contributed by atoms with van der Waals surface area (Å²) in [6.45, 7) is 37.9. The second-order valence-electron chi connectivity index (χ2n) is 11.9. The molecule has 188 valence electrons. The molecule has 3 heterocycles. The van der Waals surface area contributed by atoms with Gasteiger partial charge in [-0.3, -0.25) is 14.7 Å². The van der Waals surface area contributed by atoms with E-state index in [1.807, 2.05) is 13.8 Å². The molecular formula is C27H59N3S. The highest BCUT2D eigenvalue weighted by atomic mass is 32.2. The summed E-state index contributed by atoms with van der Waals surface area (Å²) in [5.41, 5.74) is 1.16. The van der Waals surface area contributed by atoms with E-state index in [2.05, 4.69) is 109 Å². The Balaban J connectivity index is 0. The van der Waals surface area contributed by atoms with Crippen LogP contribution in [0.15, 0.2) is 13.2 Å². The standard InChI is InChI=1S/C8H17NS.C8H17N.C7H15N.C2H6.C2H4/c1-8(2,3)9-6-10(4,5)7-9;1-7-5-9(6-7)8(2,3)4;1-7(2,3)8-5-4-6-8;2*1-2/h4-7H2,1-3H3;7H,5-6H2,1-4H3;4-6H2,1-3H3;1-2H3;1-2H2. The van der Waals surface area contributed by atoms with Crippen LogP contribution < -0.4 is 0 Å². The molecule has 3 nitrogen and oxygen atoms in total. The number of rotatable bonds is 0. The molecule has 0 radical (unpaired) electrons. The molecular weight excluding hydrogens is 398 g/mol. The first kappa shape index (κ1) is 32.9. The molecule has 3 aliphatic heterocycles.